The molecule has 0 unspecified atom stereocenters. The number of nitrogens with zero attached hydrogens (tertiary/aromatic N) is 2. The van der Waals surface area contributed by atoms with E-state index in [2.05, 4.69) is 20.9 Å². The van der Waals surface area contributed by atoms with Gasteiger partial charge < -0.3 is 20.9 Å². The van der Waals surface area contributed by atoms with Crippen molar-refractivity contribution in [2.75, 3.05) is 32.7 Å². The maximum absolute atomic E-state index is 12.1. The second-order valence-corrected chi connectivity index (χ2v) is 6.54. The van der Waals surface area contributed by atoms with Crippen molar-refractivity contribution in [3.8, 4) is 0 Å². The van der Waals surface area contributed by atoms with E-state index < -0.39 is 0 Å². The van der Waals surface area contributed by atoms with Crippen molar-refractivity contribution >= 4 is 17.8 Å². The lowest BCUT2D eigenvalue weighted by Crippen LogP contribution is -2.44. The van der Waals surface area contributed by atoms with Crippen LogP contribution in [0.1, 0.15) is 51.9 Å². The summed E-state index contributed by atoms with van der Waals surface area (Å²) in [5, 5.41) is 9.15. The van der Waals surface area contributed by atoms with Crippen molar-refractivity contribution in [2.45, 2.75) is 57.9 Å². The van der Waals surface area contributed by atoms with Crippen LogP contribution in [0.5, 0.6) is 0 Å². The summed E-state index contributed by atoms with van der Waals surface area (Å²) in [4.78, 5) is 30.2. The molecule has 2 aliphatic rings. The van der Waals surface area contributed by atoms with Crippen LogP contribution < -0.4 is 16.0 Å². The van der Waals surface area contributed by atoms with Gasteiger partial charge in [0.05, 0.1) is 6.54 Å². The van der Waals surface area contributed by atoms with Crippen LogP contribution in [-0.2, 0) is 9.59 Å². The maximum Gasteiger partial charge on any atom is 0.242 e. The molecule has 0 aromatic rings. The minimum absolute atomic E-state index is 0.0510. The molecule has 0 aromatic carbocycles. The van der Waals surface area contributed by atoms with Crippen molar-refractivity contribution in [1.82, 2.24) is 20.9 Å². The molecule has 1 saturated carbocycles. The Balaban J connectivity index is 1.74. The lowest BCUT2D eigenvalue weighted by molar-refractivity contribution is -0.128. The van der Waals surface area contributed by atoms with E-state index in [1.807, 2.05) is 11.8 Å². The quantitative estimate of drug-likeness (QED) is 0.490. The van der Waals surface area contributed by atoms with E-state index in [1.54, 1.807) is 0 Å². The molecule has 2 amide bonds. The lowest BCUT2D eigenvalue weighted by atomic mass is 9.95. The van der Waals surface area contributed by atoms with Gasteiger partial charge >= 0.3 is 0 Å². The van der Waals surface area contributed by atoms with Gasteiger partial charge in [-0.1, -0.05) is 19.3 Å². The normalized spacial score (nSPS) is 19.2. The Kier molecular flexibility index (Phi) is 7.85. The molecule has 3 N–H and O–H groups in total. The molecule has 7 heteroatoms. The third-order valence-corrected chi connectivity index (χ3v) is 4.56. The summed E-state index contributed by atoms with van der Waals surface area (Å²) in [6.07, 6.45) is 7.96. The van der Waals surface area contributed by atoms with E-state index in [0.29, 0.717) is 18.5 Å². The molecule has 2 fully saturated rings. The van der Waals surface area contributed by atoms with Gasteiger partial charge in [0.2, 0.25) is 11.8 Å². The van der Waals surface area contributed by atoms with Crippen LogP contribution in [0.3, 0.4) is 0 Å². The summed E-state index contributed by atoms with van der Waals surface area (Å²) in [6, 6.07) is 0.300. The number of carbonyl (C=O) groups is 2. The van der Waals surface area contributed by atoms with Crippen molar-refractivity contribution in [3.05, 3.63) is 0 Å². The van der Waals surface area contributed by atoms with Gasteiger partial charge in [-0.05, 0) is 32.6 Å². The Morgan fingerprint density at radius 1 is 1.04 bits per heavy atom. The highest BCUT2D eigenvalue weighted by molar-refractivity contribution is 5.88. The molecule has 0 bridgehead atoms. The molecule has 0 radical (unpaired) electrons. The van der Waals surface area contributed by atoms with Crippen LogP contribution in [0, 0.1) is 0 Å². The van der Waals surface area contributed by atoms with Crippen LogP contribution in [-0.4, -0.2) is 61.4 Å². The topological polar surface area (TPSA) is 85.8 Å². The van der Waals surface area contributed by atoms with Crippen molar-refractivity contribution in [2.24, 2.45) is 4.99 Å². The predicted octanol–water partition coefficient (Wildman–Crippen LogP) is 0.613. The van der Waals surface area contributed by atoms with Crippen LogP contribution in [0.25, 0.3) is 0 Å². The monoisotopic (exact) mass is 337 g/mol. The fourth-order valence-electron chi connectivity index (χ4n) is 3.25. The molecule has 0 atom stereocenters. The second-order valence-electron chi connectivity index (χ2n) is 6.54. The van der Waals surface area contributed by atoms with E-state index in [4.69, 9.17) is 0 Å². The highest BCUT2D eigenvalue weighted by Crippen LogP contribution is 2.17. The summed E-state index contributed by atoms with van der Waals surface area (Å²) in [5.74, 6) is 0.554. The first-order valence-electron chi connectivity index (χ1n) is 9.28. The summed E-state index contributed by atoms with van der Waals surface area (Å²) < 4.78 is 0. The Hall–Kier alpha value is -1.79. The minimum Gasteiger partial charge on any atom is -0.357 e. The molecule has 7 nitrogen and oxygen atoms in total. The number of hydrogen-bond donors (Lipinski definition) is 3. The first-order valence-corrected chi connectivity index (χ1v) is 9.28. The number of aliphatic imine (C=N–C) groups is 1. The van der Waals surface area contributed by atoms with Gasteiger partial charge in [0.15, 0.2) is 5.96 Å². The average Bonchev–Trinajstić information content (AvgIpc) is 3.12. The predicted molar refractivity (Wildman–Crippen MR) is 94.8 cm³/mol. The molecular formula is C17H31N5O2. The molecular weight excluding hydrogens is 306 g/mol. The molecule has 1 aliphatic heterocycles. The Morgan fingerprint density at radius 2 is 1.75 bits per heavy atom. The highest BCUT2D eigenvalue weighted by atomic mass is 16.2. The van der Waals surface area contributed by atoms with Crippen LogP contribution in [0.2, 0.25) is 0 Å². The first-order chi connectivity index (χ1) is 11.7. The third-order valence-electron chi connectivity index (χ3n) is 4.56. The number of amides is 2. The number of nitrogens with one attached hydrogen (secondary N) is 3. The van der Waals surface area contributed by atoms with Gasteiger partial charge in [0.25, 0.3) is 0 Å². The highest BCUT2D eigenvalue weighted by Gasteiger charge is 2.18. The van der Waals surface area contributed by atoms with Gasteiger partial charge in [-0.15, -0.1) is 0 Å². The zero-order valence-corrected chi connectivity index (χ0v) is 14.8. The Morgan fingerprint density at radius 3 is 2.42 bits per heavy atom. The van der Waals surface area contributed by atoms with E-state index in [-0.39, 0.29) is 24.9 Å². The maximum atomic E-state index is 12.1. The summed E-state index contributed by atoms with van der Waals surface area (Å²) >= 11 is 0. The molecule has 2 rings (SSSR count). The number of rotatable bonds is 6. The van der Waals surface area contributed by atoms with Crippen LogP contribution in [0.15, 0.2) is 4.99 Å². The number of guanidine groups is 1. The zero-order valence-electron chi connectivity index (χ0n) is 14.8. The lowest BCUT2D eigenvalue weighted by Gasteiger charge is -2.22. The zero-order chi connectivity index (χ0) is 17.2. The standard InChI is InChI=1S/C17H31N5O2/c1-2-18-17(20-13-16(24)22-10-6-7-11-22)19-12-15(23)21-14-8-4-3-5-9-14/h14H,2-13H2,1H3,(H,21,23)(H2,18,19,20). The molecule has 1 saturated heterocycles. The minimum atomic E-state index is -0.0510. The van der Waals surface area contributed by atoms with E-state index >= 15 is 0 Å². The Labute approximate surface area is 144 Å². The molecule has 1 heterocycles. The van der Waals surface area contributed by atoms with E-state index in [1.165, 1.54) is 19.3 Å². The summed E-state index contributed by atoms with van der Waals surface area (Å²) in [6.45, 7) is 4.64. The van der Waals surface area contributed by atoms with Gasteiger partial charge in [0.1, 0.15) is 6.54 Å². The fraction of sp³-hybridized carbons (Fsp3) is 0.824. The van der Waals surface area contributed by atoms with Crippen molar-refractivity contribution < 1.29 is 9.59 Å². The average molecular weight is 337 g/mol. The molecule has 24 heavy (non-hydrogen) atoms. The molecule has 0 spiro atoms. The molecule has 136 valence electrons. The van der Waals surface area contributed by atoms with Gasteiger partial charge in [-0.2, -0.15) is 0 Å². The molecule has 1 aliphatic carbocycles. The first kappa shape index (κ1) is 18.5. The van der Waals surface area contributed by atoms with Gasteiger partial charge in [-0.3, -0.25) is 9.59 Å². The smallest absolute Gasteiger partial charge is 0.242 e. The van der Waals surface area contributed by atoms with E-state index in [0.717, 1.165) is 38.8 Å². The van der Waals surface area contributed by atoms with Gasteiger partial charge in [0, 0.05) is 25.7 Å². The second kappa shape index (κ2) is 10.2. The Bertz CT molecular complexity index is 440. The largest absolute Gasteiger partial charge is 0.357 e. The SMILES string of the molecule is CCNC(=NCC(=O)NC1CCCCC1)NCC(=O)N1CCCC1. The van der Waals surface area contributed by atoms with Gasteiger partial charge in [-0.25, -0.2) is 4.99 Å². The van der Waals surface area contributed by atoms with E-state index in [9.17, 15) is 9.59 Å². The molecule has 0 aromatic heterocycles. The number of hydrogen-bond acceptors (Lipinski definition) is 3. The summed E-state index contributed by atoms with van der Waals surface area (Å²) in [7, 11) is 0. The number of carbonyl (C=O) groups excluding carboxylic acids is 2. The third kappa shape index (κ3) is 6.37. The van der Waals surface area contributed by atoms with Crippen LogP contribution in [0.4, 0.5) is 0 Å². The van der Waals surface area contributed by atoms with Crippen molar-refractivity contribution in [1.29, 1.82) is 0 Å². The fourth-order valence-corrected chi connectivity index (χ4v) is 3.25. The van der Waals surface area contributed by atoms with Crippen LogP contribution >= 0.6 is 0 Å². The van der Waals surface area contributed by atoms with Crippen molar-refractivity contribution in [3.63, 3.8) is 0 Å². The number of likely N-dealkylation sites (tertiary alicyclic amines) is 1. The summed E-state index contributed by atoms with van der Waals surface area (Å²) in [5.41, 5.74) is 0.